The monoisotopic (exact) mass is 708 g/mol. The highest BCUT2D eigenvalue weighted by Crippen LogP contribution is 2.34. The molecule has 4 aromatic rings. The zero-order valence-electron chi connectivity index (χ0n) is 29.6. The van der Waals surface area contributed by atoms with Crippen molar-refractivity contribution < 1.29 is 18.0 Å². The van der Waals surface area contributed by atoms with E-state index in [1.165, 1.54) is 11.1 Å². The summed E-state index contributed by atoms with van der Waals surface area (Å²) < 4.78 is 41.3. The third-order valence-electron chi connectivity index (χ3n) is 10.5. The van der Waals surface area contributed by atoms with Crippen molar-refractivity contribution in [3.63, 3.8) is 0 Å². The van der Waals surface area contributed by atoms with Gasteiger partial charge in [-0.1, -0.05) is 6.07 Å². The number of carbonyl (C=O) groups is 1. The number of piperidine rings is 2. The molecule has 3 aromatic heterocycles. The number of alkyl halides is 3. The van der Waals surface area contributed by atoms with Crippen LogP contribution < -0.4 is 5.32 Å². The summed E-state index contributed by atoms with van der Waals surface area (Å²) in [6.45, 7) is 11.4. The summed E-state index contributed by atoms with van der Waals surface area (Å²) in [5.74, 6) is 1.79. The van der Waals surface area contributed by atoms with Crippen molar-refractivity contribution in [2.24, 2.45) is 5.92 Å². The van der Waals surface area contributed by atoms with Gasteiger partial charge in [0.05, 0.1) is 11.8 Å². The van der Waals surface area contributed by atoms with Crippen LogP contribution in [-0.2, 0) is 24.3 Å². The first-order valence-electron chi connectivity index (χ1n) is 17.6. The number of nitrogens with one attached hydrogen (secondary N) is 1. The topological polar surface area (TPSA) is 93.3 Å². The van der Waals surface area contributed by atoms with Crippen LogP contribution in [0.25, 0.3) is 21.1 Å². The van der Waals surface area contributed by atoms with Crippen LogP contribution in [0, 0.1) is 31.1 Å². The highest BCUT2D eigenvalue weighted by atomic mass is 32.1. The number of benzene rings is 1. The Morgan fingerprint density at radius 1 is 1.08 bits per heavy atom. The summed E-state index contributed by atoms with van der Waals surface area (Å²) in [7, 11) is 3.63. The molecule has 6 rings (SSSR count). The van der Waals surface area contributed by atoms with Crippen molar-refractivity contribution in [1.29, 1.82) is 5.26 Å². The van der Waals surface area contributed by atoms with E-state index in [0.29, 0.717) is 39.9 Å². The fourth-order valence-corrected chi connectivity index (χ4v) is 8.64. The maximum Gasteiger partial charge on any atom is 0.393 e. The molecule has 2 aliphatic rings. The number of amides is 1. The molecular weight excluding hydrogens is 662 g/mol. The van der Waals surface area contributed by atoms with Crippen molar-refractivity contribution in [3.05, 3.63) is 51.8 Å². The summed E-state index contributed by atoms with van der Waals surface area (Å²) in [5, 5.41) is 15.4. The lowest BCUT2D eigenvalue weighted by molar-refractivity contribution is -0.130. The molecule has 50 heavy (non-hydrogen) atoms. The third-order valence-corrected chi connectivity index (χ3v) is 11.5. The molecule has 1 amide bonds. The van der Waals surface area contributed by atoms with Gasteiger partial charge in [-0.15, -0.1) is 11.3 Å². The van der Waals surface area contributed by atoms with Crippen molar-refractivity contribution in [3.8, 4) is 6.07 Å². The number of likely N-dealkylation sites (tertiary alicyclic amines) is 2. The van der Waals surface area contributed by atoms with Crippen LogP contribution in [0.2, 0.25) is 0 Å². The Hall–Kier alpha value is -3.73. The Morgan fingerprint density at radius 3 is 2.46 bits per heavy atom. The molecule has 0 aliphatic carbocycles. The van der Waals surface area contributed by atoms with Crippen LogP contribution in [0.3, 0.4) is 0 Å². The minimum Gasteiger partial charge on any atom is -0.367 e. The number of hydrogen-bond acceptors (Lipinski definition) is 8. The molecule has 1 atom stereocenters. The van der Waals surface area contributed by atoms with Gasteiger partial charge in [-0.2, -0.15) is 18.4 Å². The molecule has 1 N–H and O–H groups in total. The van der Waals surface area contributed by atoms with Crippen LogP contribution in [0.4, 0.5) is 19.0 Å². The van der Waals surface area contributed by atoms with E-state index in [-0.39, 0.29) is 22.9 Å². The van der Waals surface area contributed by atoms with E-state index in [2.05, 4.69) is 61.7 Å². The molecular formula is C37H47F3N8OS. The number of hydrogen-bond donors (Lipinski definition) is 1. The van der Waals surface area contributed by atoms with Crippen LogP contribution in [0.15, 0.2) is 24.3 Å². The fourth-order valence-electron chi connectivity index (χ4n) is 7.53. The van der Waals surface area contributed by atoms with Crippen LogP contribution in [0.1, 0.15) is 66.6 Å². The molecule has 5 heterocycles. The molecule has 0 saturated carbocycles. The number of aromatic nitrogens is 3. The standard InChI is InChI=1S/C37H47F3N8OS/c1-23(47-14-8-26(9-15-47)16-34(49)45(4)5)21-48-29(20-41)17-31-24(2)27(6-7-33(31)48)22-46-12-10-28(11-13-46)44-35-32-18-30(19-37(38,39)40)50-36(32)43-25(3)42-35/h6-7,17-18,23,26,28H,8-16,19,21-22H2,1-5H3,(H,42,43,44)/t23-/m0/s1. The average molecular weight is 709 g/mol. The van der Waals surface area contributed by atoms with Crippen LogP contribution in [-0.4, -0.2) is 93.7 Å². The van der Waals surface area contributed by atoms with Crippen molar-refractivity contribution in [2.45, 2.75) is 90.6 Å². The van der Waals surface area contributed by atoms with Gasteiger partial charge in [0.1, 0.15) is 28.2 Å². The second-order valence-corrected chi connectivity index (χ2v) is 15.5. The minimum absolute atomic E-state index is 0.166. The smallest absolute Gasteiger partial charge is 0.367 e. The number of carbonyl (C=O) groups excluding carboxylic acids is 1. The van der Waals surface area contributed by atoms with E-state index in [1.54, 1.807) is 17.9 Å². The normalized spacial score (nSPS) is 17.7. The zero-order chi connectivity index (χ0) is 35.7. The Labute approximate surface area is 296 Å². The highest BCUT2D eigenvalue weighted by Gasteiger charge is 2.30. The molecule has 0 spiro atoms. The van der Waals surface area contributed by atoms with Gasteiger partial charge in [-0.05, 0) is 94.8 Å². The Balaban J connectivity index is 1.07. The molecule has 2 fully saturated rings. The first kappa shape index (κ1) is 36.1. The van der Waals surface area contributed by atoms with Gasteiger partial charge in [0, 0.05) is 74.6 Å². The van der Waals surface area contributed by atoms with Crippen molar-refractivity contribution in [2.75, 3.05) is 45.6 Å². The number of thiophene rings is 1. The predicted octanol–water partition coefficient (Wildman–Crippen LogP) is 6.89. The lowest BCUT2D eigenvalue weighted by Crippen LogP contribution is -2.42. The number of nitrogens with zero attached hydrogens (tertiary/aromatic N) is 7. The number of fused-ring (bicyclic) bond motifs is 2. The van der Waals surface area contributed by atoms with Gasteiger partial charge in [0.25, 0.3) is 0 Å². The molecule has 0 bridgehead atoms. The second kappa shape index (κ2) is 14.9. The van der Waals surface area contributed by atoms with Crippen molar-refractivity contribution in [1.82, 2.24) is 29.2 Å². The molecule has 0 radical (unpaired) electrons. The predicted molar refractivity (Wildman–Crippen MR) is 192 cm³/mol. The lowest BCUT2D eigenvalue weighted by atomic mass is 9.92. The van der Waals surface area contributed by atoms with Gasteiger partial charge >= 0.3 is 6.18 Å². The van der Waals surface area contributed by atoms with E-state index in [0.717, 1.165) is 87.2 Å². The lowest BCUT2D eigenvalue weighted by Gasteiger charge is -2.36. The molecule has 13 heteroatoms. The number of anilines is 1. The summed E-state index contributed by atoms with van der Waals surface area (Å²) in [5.41, 5.74) is 4.21. The number of rotatable bonds is 10. The van der Waals surface area contributed by atoms with E-state index >= 15 is 0 Å². The number of aryl methyl sites for hydroxylation is 2. The zero-order valence-corrected chi connectivity index (χ0v) is 30.4. The Bertz CT molecular complexity index is 1880. The van der Waals surface area contributed by atoms with E-state index in [4.69, 9.17) is 0 Å². The van der Waals surface area contributed by atoms with Gasteiger partial charge in [0.15, 0.2) is 0 Å². The Kier molecular flexibility index (Phi) is 10.7. The van der Waals surface area contributed by atoms with Crippen LogP contribution in [0.5, 0.6) is 0 Å². The van der Waals surface area contributed by atoms with Gasteiger partial charge in [0.2, 0.25) is 5.91 Å². The number of halogens is 3. The maximum atomic E-state index is 13.0. The van der Waals surface area contributed by atoms with Gasteiger partial charge < -0.3 is 14.8 Å². The molecule has 2 saturated heterocycles. The highest BCUT2D eigenvalue weighted by molar-refractivity contribution is 7.18. The van der Waals surface area contributed by atoms with E-state index in [1.807, 2.05) is 20.2 Å². The Morgan fingerprint density at radius 2 is 1.80 bits per heavy atom. The summed E-state index contributed by atoms with van der Waals surface area (Å²) in [6.07, 6.45) is -0.792. The maximum absolute atomic E-state index is 13.0. The van der Waals surface area contributed by atoms with Crippen LogP contribution >= 0.6 is 11.3 Å². The summed E-state index contributed by atoms with van der Waals surface area (Å²) >= 11 is 1.08. The quantitative estimate of drug-likeness (QED) is 0.192. The molecule has 9 nitrogen and oxygen atoms in total. The van der Waals surface area contributed by atoms with E-state index in [9.17, 15) is 23.2 Å². The molecule has 0 unspecified atom stereocenters. The average Bonchev–Trinajstić information content (AvgIpc) is 3.63. The third kappa shape index (κ3) is 8.24. The fraction of sp³-hybridized carbons (Fsp3) is 0.568. The molecule has 268 valence electrons. The second-order valence-electron chi connectivity index (χ2n) is 14.4. The van der Waals surface area contributed by atoms with E-state index < -0.39 is 12.6 Å². The number of nitriles is 1. The first-order valence-corrected chi connectivity index (χ1v) is 18.4. The summed E-state index contributed by atoms with van der Waals surface area (Å²) in [4.78, 5) is 28.6. The SMILES string of the molecule is Cc1nc(NC2CCN(Cc3ccc4c(cc(C#N)n4C[C@H](C)N4CCC(CC(=O)N(C)C)CC4)c3C)CC2)c2cc(CC(F)(F)F)sc2n1. The van der Waals surface area contributed by atoms with Gasteiger partial charge in [-0.3, -0.25) is 14.6 Å². The van der Waals surface area contributed by atoms with Crippen molar-refractivity contribution >= 4 is 44.2 Å². The molecule has 2 aliphatic heterocycles. The molecule has 1 aromatic carbocycles. The van der Waals surface area contributed by atoms with Gasteiger partial charge in [-0.25, -0.2) is 9.97 Å². The summed E-state index contributed by atoms with van der Waals surface area (Å²) in [6, 6.07) is 10.8. The first-order chi connectivity index (χ1) is 23.8. The largest absolute Gasteiger partial charge is 0.393 e. The minimum atomic E-state index is -4.26.